The highest BCUT2D eigenvalue weighted by Crippen LogP contribution is 2.26. The number of imidazole rings is 1. The fraction of sp³-hybridized carbons (Fsp3) is 0.524. The van der Waals surface area contributed by atoms with E-state index in [1.54, 1.807) is 6.33 Å². The van der Waals surface area contributed by atoms with Crippen molar-refractivity contribution in [1.82, 2.24) is 19.4 Å². The molecule has 1 amide bonds. The Balaban J connectivity index is 1.35. The van der Waals surface area contributed by atoms with Crippen molar-refractivity contribution in [3.8, 4) is 0 Å². The summed E-state index contributed by atoms with van der Waals surface area (Å²) in [7, 11) is 0. The standard InChI is InChI=1S/C21H28N4O/c1-16-17(2)25(15-22-16)14-21(26)24-9-5-8-23(10-11-24)20-12-18-6-3-4-7-19(18)13-20/h3-4,6-7,15,20H,5,8-14H2,1-2H3. The first kappa shape index (κ1) is 17.3. The summed E-state index contributed by atoms with van der Waals surface area (Å²) < 4.78 is 1.97. The Morgan fingerprint density at radius 2 is 1.81 bits per heavy atom. The zero-order chi connectivity index (χ0) is 18.1. The molecule has 2 aliphatic rings. The van der Waals surface area contributed by atoms with E-state index >= 15 is 0 Å². The molecule has 0 spiro atoms. The number of aromatic nitrogens is 2. The Morgan fingerprint density at radius 1 is 1.08 bits per heavy atom. The van der Waals surface area contributed by atoms with Crippen LogP contribution in [0, 0.1) is 13.8 Å². The number of amides is 1. The molecule has 0 unspecified atom stereocenters. The van der Waals surface area contributed by atoms with Gasteiger partial charge in [0.2, 0.25) is 5.91 Å². The second-order valence-corrected chi connectivity index (χ2v) is 7.64. The van der Waals surface area contributed by atoms with E-state index in [4.69, 9.17) is 0 Å². The van der Waals surface area contributed by atoms with Crippen LogP contribution in [-0.4, -0.2) is 57.5 Å². The molecule has 1 aromatic carbocycles. The van der Waals surface area contributed by atoms with E-state index in [0.29, 0.717) is 12.6 Å². The summed E-state index contributed by atoms with van der Waals surface area (Å²) in [5.41, 5.74) is 5.08. The Morgan fingerprint density at radius 3 is 2.46 bits per heavy atom. The highest BCUT2D eigenvalue weighted by molar-refractivity contribution is 5.76. The summed E-state index contributed by atoms with van der Waals surface area (Å²) in [4.78, 5) is 21.7. The van der Waals surface area contributed by atoms with E-state index in [2.05, 4.69) is 34.1 Å². The van der Waals surface area contributed by atoms with Crippen LogP contribution in [0.15, 0.2) is 30.6 Å². The quantitative estimate of drug-likeness (QED) is 0.850. The third kappa shape index (κ3) is 3.40. The van der Waals surface area contributed by atoms with Gasteiger partial charge in [0.15, 0.2) is 0 Å². The lowest BCUT2D eigenvalue weighted by Gasteiger charge is -2.27. The highest BCUT2D eigenvalue weighted by Gasteiger charge is 2.28. The third-order valence-corrected chi connectivity index (χ3v) is 6.08. The minimum absolute atomic E-state index is 0.210. The molecule has 1 aromatic heterocycles. The summed E-state index contributed by atoms with van der Waals surface area (Å²) in [5.74, 6) is 0.210. The van der Waals surface area contributed by atoms with Crippen molar-refractivity contribution in [3.05, 3.63) is 53.1 Å². The number of aryl methyl sites for hydroxylation is 1. The van der Waals surface area contributed by atoms with E-state index < -0.39 is 0 Å². The predicted molar refractivity (Wildman–Crippen MR) is 102 cm³/mol. The number of fused-ring (bicyclic) bond motifs is 1. The molecule has 0 bridgehead atoms. The van der Waals surface area contributed by atoms with Crippen LogP contribution in [0.2, 0.25) is 0 Å². The summed E-state index contributed by atoms with van der Waals surface area (Å²) in [5, 5.41) is 0. The average Bonchev–Trinajstić information content (AvgIpc) is 3.10. The first-order valence-electron chi connectivity index (χ1n) is 9.69. The molecule has 0 radical (unpaired) electrons. The van der Waals surface area contributed by atoms with Gasteiger partial charge < -0.3 is 9.47 Å². The van der Waals surface area contributed by atoms with Gasteiger partial charge in [0.1, 0.15) is 6.54 Å². The smallest absolute Gasteiger partial charge is 0.242 e. The first-order chi connectivity index (χ1) is 12.6. The lowest BCUT2D eigenvalue weighted by Crippen LogP contribution is -2.40. The largest absolute Gasteiger partial charge is 0.340 e. The molecule has 5 nitrogen and oxygen atoms in total. The van der Waals surface area contributed by atoms with Gasteiger partial charge >= 0.3 is 0 Å². The molecule has 5 heteroatoms. The Hall–Kier alpha value is -2.14. The van der Waals surface area contributed by atoms with Gasteiger partial charge in [-0.05, 0) is 44.2 Å². The minimum Gasteiger partial charge on any atom is -0.340 e. The second-order valence-electron chi connectivity index (χ2n) is 7.64. The maximum absolute atomic E-state index is 12.7. The fourth-order valence-corrected chi connectivity index (χ4v) is 4.30. The van der Waals surface area contributed by atoms with Gasteiger partial charge in [-0.3, -0.25) is 9.69 Å². The van der Waals surface area contributed by atoms with Gasteiger partial charge in [-0.1, -0.05) is 24.3 Å². The predicted octanol–water partition coefficient (Wildman–Crippen LogP) is 2.20. The zero-order valence-electron chi connectivity index (χ0n) is 15.8. The summed E-state index contributed by atoms with van der Waals surface area (Å²) in [6, 6.07) is 9.41. The van der Waals surface area contributed by atoms with Crippen molar-refractivity contribution in [2.24, 2.45) is 0 Å². The van der Waals surface area contributed by atoms with Crippen LogP contribution in [0.25, 0.3) is 0 Å². The molecule has 1 fully saturated rings. The van der Waals surface area contributed by atoms with Crippen molar-refractivity contribution in [1.29, 1.82) is 0 Å². The van der Waals surface area contributed by atoms with E-state index in [9.17, 15) is 4.79 Å². The monoisotopic (exact) mass is 352 g/mol. The van der Waals surface area contributed by atoms with Gasteiger partial charge in [0.05, 0.1) is 12.0 Å². The Labute approximate surface area is 155 Å². The van der Waals surface area contributed by atoms with Gasteiger partial charge in [-0.2, -0.15) is 0 Å². The van der Waals surface area contributed by atoms with E-state index in [-0.39, 0.29) is 5.91 Å². The van der Waals surface area contributed by atoms with E-state index in [1.165, 1.54) is 11.1 Å². The van der Waals surface area contributed by atoms with E-state index in [0.717, 1.165) is 56.8 Å². The highest BCUT2D eigenvalue weighted by atomic mass is 16.2. The molecule has 26 heavy (non-hydrogen) atoms. The number of carbonyl (C=O) groups excluding carboxylic acids is 1. The molecule has 0 atom stereocenters. The van der Waals surface area contributed by atoms with Gasteiger partial charge in [0.25, 0.3) is 0 Å². The van der Waals surface area contributed by atoms with Crippen LogP contribution >= 0.6 is 0 Å². The van der Waals surface area contributed by atoms with Crippen LogP contribution < -0.4 is 0 Å². The Bertz CT molecular complexity index is 772. The molecule has 1 aliphatic carbocycles. The van der Waals surface area contributed by atoms with Gasteiger partial charge in [-0.15, -0.1) is 0 Å². The van der Waals surface area contributed by atoms with Gasteiger partial charge in [-0.25, -0.2) is 4.98 Å². The maximum Gasteiger partial charge on any atom is 0.242 e. The van der Waals surface area contributed by atoms with Crippen LogP contribution in [0.4, 0.5) is 0 Å². The molecular weight excluding hydrogens is 324 g/mol. The molecule has 2 aromatic rings. The summed E-state index contributed by atoms with van der Waals surface area (Å²) in [6.07, 6.45) is 5.14. The number of rotatable bonds is 3. The van der Waals surface area contributed by atoms with Crippen LogP contribution in [-0.2, 0) is 24.2 Å². The first-order valence-corrected chi connectivity index (χ1v) is 9.69. The van der Waals surface area contributed by atoms with Crippen molar-refractivity contribution >= 4 is 5.91 Å². The number of benzene rings is 1. The number of carbonyl (C=O) groups is 1. The molecule has 0 N–H and O–H groups in total. The maximum atomic E-state index is 12.7. The fourth-order valence-electron chi connectivity index (χ4n) is 4.30. The molecule has 1 aliphatic heterocycles. The number of hydrogen-bond acceptors (Lipinski definition) is 3. The summed E-state index contributed by atoms with van der Waals surface area (Å²) in [6.45, 7) is 8.18. The van der Waals surface area contributed by atoms with E-state index in [1.807, 2.05) is 23.3 Å². The normalized spacial score (nSPS) is 18.8. The SMILES string of the molecule is Cc1ncn(CC(=O)N2CCCN(C3Cc4ccccc4C3)CC2)c1C. The number of hydrogen-bond donors (Lipinski definition) is 0. The van der Waals surface area contributed by atoms with Crippen molar-refractivity contribution < 1.29 is 4.79 Å². The molecule has 1 saturated heterocycles. The van der Waals surface area contributed by atoms with Crippen molar-refractivity contribution in [2.75, 3.05) is 26.2 Å². The topological polar surface area (TPSA) is 41.4 Å². The summed E-state index contributed by atoms with van der Waals surface area (Å²) >= 11 is 0. The number of nitrogens with zero attached hydrogens (tertiary/aromatic N) is 4. The van der Waals surface area contributed by atoms with Crippen LogP contribution in [0.1, 0.15) is 28.9 Å². The van der Waals surface area contributed by atoms with Crippen molar-refractivity contribution in [2.45, 2.75) is 45.7 Å². The van der Waals surface area contributed by atoms with Crippen LogP contribution in [0.3, 0.4) is 0 Å². The minimum atomic E-state index is 0.210. The lowest BCUT2D eigenvalue weighted by molar-refractivity contribution is -0.131. The molecule has 4 rings (SSSR count). The van der Waals surface area contributed by atoms with Crippen LogP contribution in [0.5, 0.6) is 0 Å². The molecule has 138 valence electrons. The second kappa shape index (κ2) is 7.23. The molecule has 0 saturated carbocycles. The zero-order valence-corrected chi connectivity index (χ0v) is 15.8. The lowest BCUT2D eigenvalue weighted by atomic mass is 10.1. The van der Waals surface area contributed by atoms with Crippen molar-refractivity contribution in [3.63, 3.8) is 0 Å². The molecular formula is C21H28N4O. The average molecular weight is 352 g/mol. The third-order valence-electron chi connectivity index (χ3n) is 6.08. The Kier molecular flexibility index (Phi) is 4.81. The van der Waals surface area contributed by atoms with Gasteiger partial charge in [0, 0.05) is 37.9 Å². The molecule has 2 heterocycles.